The van der Waals surface area contributed by atoms with Crippen LogP contribution < -0.4 is 4.74 Å². The minimum Gasteiger partial charge on any atom is -0.467 e. The van der Waals surface area contributed by atoms with Gasteiger partial charge in [0.15, 0.2) is 6.79 Å². The van der Waals surface area contributed by atoms with E-state index >= 15 is 0 Å². The van der Waals surface area contributed by atoms with Gasteiger partial charge in [0.2, 0.25) is 0 Å². The van der Waals surface area contributed by atoms with E-state index < -0.39 is 0 Å². The average molecular weight is 178 g/mol. The molecule has 3 nitrogen and oxygen atoms in total. The van der Waals surface area contributed by atoms with Crippen molar-refractivity contribution < 1.29 is 13.9 Å². The molecule has 0 saturated heterocycles. The Balaban J connectivity index is 2.37. The van der Waals surface area contributed by atoms with Gasteiger partial charge in [0.25, 0.3) is 0 Å². The second-order valence-corrected chi connectivity index (χ2v) is 2.64. The molecular weight excluding hydrogens is 168 g/mol. The molecular formula is C10H10O3. The van der Waals surface area contributed by atoms with Crippen molar-refractivity contribution in [1.82, 2.24) is 0 Å². The molecule has 0 spiro atoms. The highest BCUT2D eigenvalue weighted by atomic mass is 16.7. The Morgan fingerprint density at radius 2 is 2.23 bits per heavy atom. The number of hydrogen-bond donors (Lipinski definition) is 0. The highest BCUT2D eigenvalue weighted by molar-refractivity contribution is 5.83. The smallest absolute Gasteiger partial charge is 0.188 e. The molecule has 0 radical (unpaired) electrons. The molecule has 0 aliphatic rings. The summed E-state index contributed by atoms with van der Waals surface area (Å²) in [5.74, 6) is 0.785. The molecule has 3 heteroatoms. The van der Waals surface area contributed by atoms with Crippen LogP contribution in [-0.4, -0.2) is 13.9 Å². The Bertz CT molecular complexity index is 392. The summed E-state index contributed by atoms with van der Waals surface area (Å²) in [6, 6.07) is 7.54. The molecule has 68 valence electrons. The van der Waals surface area contributed by atoms with E-state index in [1.807, 2.05) is 24.3 Å². The minimum atomic E-state index is 0.254. The van der Waals surface area contributed by atoms with Gasteiger partial charge in [-0.05, 0) is 18.2 Å². The van der Waals surface area contributed by atoms with E-state index in [2.05, 4.69) is 0 Å². The van der Waals surface area contributed by atoms with Gasteiger partial charge in [-0.1, -0.05) is 6.07 Å². The molecule has 13 heavy (non-hydrogen) atoms. The van der Waals surface area contributed by atoms with Crippen molar-refractivity contribution in [2.75, 3.05) is 13.9 Å². The van der Waals surface area contributed by atoms with Gasteiger partial charge < -0.3 is 13.9 Å². The number of rotatable bonds is 3. The molecule has 2 aromatic rings. The van der Waals surface area contributed by atoms with Gasteiger partial charge in [-0.15, -0.1) is 0 Å². The van der Waals surface area contributed by atoms with Crippen LogP contribution in [0.2, 0.25) is 0 Å². The lowest BCUT2D eigenvalue weighted by atomic mass is 10.2. The number of hydrogen-bond acceptors (Lipinski definition) is 3. The first-order valence-electron chi connectivity index (χ1n) is 4.00. The van der Waals surface area contributed by atoms with E-state index in [0.29, 0.717) is 0 Å². The highest BCUT2D eigenvalue weighted by Crippen LogP contribution is 2.25. The largest absolute Gasteiger partial charge is 0.467 e. The normalized spacial score (nSPS) is 10.5. The average Bonchev–Trinajstić information content (AvgIpc) is 2.62. The van der Waals surface area contributed by atoms with Crippen LogP contribution in [0.15, 0.2) is 34.9 Å². The molecule has 0 N–H and O–H groups in total. The number of benzene rings is 1. The molecule has 1 heterocycles. The lowest BCUT2D eigenvalue weighted by Crippen LogP contribution is -1.98. The summed E-state index contributed by atoms with van der Waals surface area (Å²) in [7, 11) is 1.59. The topological polar surface area (TPSA) is 31.6 Å². The zero-order chi connectivity index (χ0) is 9.10. The predicted octanol–water partition coefficient (Wildman–Crippen LogP) is 2.42. The second kappa shape index (κ2) is 3.49. The quantitative estimate of drug-likeness (QED) is 0.676. The van der Waals surface area contributed by atoms with Crippen molar-refractivity contribution in [3.05, 3.63) is 30.5 Å². The summed E-state index contributed by atoms with van der Waals surface area (Å²) in [5, 5.41) is 0.972. The molecule has 0 saturated carbocycles. The Morgan fingerprint density at radius 1 is 1.31 bits per heavy atom. The fourth-order valence-corrected chi connectivity index (χ4v) is 1.21. The SMILES string of the molecule is COCOc1cccc2occc12. The summed E-state index contributed by atoms with van der Waals surface area (Å²) < 4.78 is 15.4. The third kappa shape index (κ3) is 1.51. The van der Waals surface area contributed by atoms with E-state index in [1.165, 1.54) is 0 Å². The third-order valence-electron chi connectivity index (χ3n) is 1.79. The van der Waals surface area contributed by atoms with Crippen LogP contribution >= 0.6 is 0 Å². The summed E-state index contributed by atoms with van der Waals surface area (Å²) in [6.45, 7) is 0.254. The zero-order valence-electron chi connectivity index (χ0n) is 7.32. The number of methoxy groups -OCH3 is 1. The molecule has 0 amide bonds. The lowest BCUT2D eigenvalue weighted by Gasteiger charge is -2.04. The van der Waals surface area contributed by atoms with Crippen LogP contribution in [0.1, 0.15) is 0 Å². The van der Waals surface area contributed by atoms with E-state index in [1.54, 1.807) is 13.4 Å². The lowest BCUT2D eigenvalue weighted by molar-refractivity contribution is 0.0522. The van der Waals surface area contributed by atoms with Crippen molar-refractivity contribution in [2.24, 2.45) is 0 Å². The van der Waals surface area contributed by atoms with E-state index in [4.69, 9.17) is 13.9 Å². The van der Waals surface area contributed by atoms with Crippen molar-refractivity contribution in [2.45, 2.75) is 0 Å². The molecule has 0 atom stereocenters. The number of furan rings is 1. The molecule has 0 bridgehead atoms. The molecule has 0 aliphatic heterocycles. The van der Waals surface area contributed by atoms with Crippen LogP contribution in [0, 0.1) is 0 Å². The van der Waals surface area contributed by atoms with Gasteiger partial charge >= 0.3 is 0 Å². The van der Waals surface area contributed by atoms with Gasteiger partial charge in [0.1, 0.15) is 11.3 Å². The molecule has 1 aromatic carbocycles. The van der Waals surface area contributed by atoms with Crippen LogP contribution in [0.4, 0.5) is 0 Å². The van der Waals surface area contributed by atoms with E-state index in [9.17, 15) is 0 Å². The van der Waals surface area contributed by atoms with Crippen molar-refractivity contribution in [3.8, 4) is 5.75 Å². The van der Waals surface area contributed by atoms with E-state index in [0.717, 1.165) is 16.7 Å². The Kier molecular flexibility index (Phi) is 2.19. The molecule has 2 rings (SSSR count). The highest BCUT2D eigenvalue weighted by Gasteiger charge is 2.02. The summed E-state index contributed by atoms with van der Waals surface area (Å²) >= 11 is 0. The van der Waals surface area contributed by atoms with Crippen LogP contribution in [0.25, 0.3) is 11.0 Å². The maximum absolute atomic E-state index is 5.34. The monoisotopic (exact) mass is 178 g/mol. The van der Waals surface area contributed by atoms with Crippen molar-refractivity contribution in [3.63, 3.8) is 0 Å². The molecule has 0 unspecified atom stereocenters. The van der Waals surface area contributed by atoms with Gasteiger partial charge in [0, 0.05) is 7.11 Å². The second-order valence-electron chi connectivity index (χ2n) is 2.64. The predicted molar refractivity (Wildman–Crippen MR) is 48.7 cm³/mol. The van der Waals surface area contributed by atoms with Crippen molar-refractivity contribution in [1.29, 1.82) is 0 Å². The Labute approximate surface area is 75.9 Å². The molecule has 0 aliphatic carbocycles. The van der Waals surface area contributed by atoms with E-state index in [-0.39, 0.29) is 6.79 Å². The minimum absolute atomic E-state index is 0.254. The maximum Gasteiger partial charge on any atom is 0.188 e. The van der Waals surface area contributed by atoms with Crippen LogP contribution in [-0.2, 0) is 4.74 Å². The van der Waals surface area contributed by atoms with Crippen LogP contribution in [0.3, 0.4) is 0 Å². The fourth-order valence-electron chi connectivity index (χ4n) is 1.21. The standard InChI is InChI=1S/C10H10O3/c1-11-7-13-10-4-2-3-9-8(10)5-6-12-9/h2-6H,7H2,1H3. The first-order chi connectivity index (χ1) is 6.42. The van der Waals surface area contributed by atoms with Gasteiger partial charge in [-0.2, -0.15) is 0 Å². The fraction of sp³-hybridized carbons (Fsp3) is 0.200. The maximum atomic E-state index is 5.34. The Morgan fingerprint density at radius 3 is 3.08 bits per heavy atom. The summed E-state index contributed by atoms with van der Waals surface area (Å²) in [4.78, 5) is 0. The van der Waals surface area contributed by atoms with Crippen LogP contribution in [0.5, 0.6) is 5.75 Å². The van der Waals surface area contributed by atoms with Crippen molar-refractivity contribution >= 4 is 11.0 Å². The molecule has 1 aromatic heterocycles. The summed E-state index contributed by atoms with van der Waals surface area (Å²) in [5.41, 5.74) is 0.827. The summed E-state index contributed by atoms with van der Waals surface area (Å²) in [6.07, 6.45) is 1.64. The third-order valence-corrected chi connectivity index (χ3v) is 1.79. The van der Waals surface area contributed by atoms with Gasteiger partial charge in [0.05, 0.1) is 11.6 Å². The zero-order valence-corrected chi connectivity index (χ0v) is 7.32. The first kappa shape index (κ1) is 8.13. The molecule has 0 fully saturated rings. The number of ether oxygens (including phenoxy) is 2. The van der Waals surface area contributed by atoms with Gasteiger partial charge in [-0.25, -0.2) is 0 Å². The van der Waals surface area contributed by atoms with Gasteiger partial charge in [-0.3, -0.25) is 0 Å². The Hall–Kier alpha value is -1.48. The number of fused-ring (bicyclic) bond motifs is 1. The first-order valence-corrected chi connectivity index (χ1v) is 4.00.